The maximum absolute atomic E-state index is 12.2. The van der Waals surface area contributed by atoms with Gasteiger partial charge in [0.2, 0.25) is 0 Å². The topological polar surface area (TPSA) is 85.4 Å². The molecule has 3 N–H and O–H groups in total. The van der Waals surface area contributed by atoms with Gasteiger partial charge >= 0.3 is 0 Å². The zero-order valence-corrected chi connectivity index (χ0v) is 12.1. The van der Waals surface area contributed by atoms with Gasteiger partial charge in [0, 0.05) is 32.4 Å². The Kier molecular flexibility index (Phi) is 4.38. The van der Waals surface area contributed by atoms with Crippen LogP contribution in [0, 0.1) is 0 Å². The molecule has 0 unspecified atom stereocenters. The predicted octanol–water partition coefficient (Wildman–Crippen LogP) is -0.0678. The summed E-state index contributed by atoms with van der Waals surface area (Å²) < 4.78 is 0.334. The van der Waals surface area contributed by atoms with Crippen molar-refractivity contribution in [1.29, 1.82) is 0 Å². The molecule has 0 bridgehead atoms. The predicted molar refractivity (Wildman–Crippen MR) is 74.1 cm³/mol. The van der Waals surface area contributed by atoms with Crippen LogP contribution in [0.15, 0.2) is 21.5 Å². The van der Waals surface area contributed by atoms with Crippen molar-refractivity contribution in [2.45, 2.75) is 18.6 Å². The molecule has 1 saturated heterocycles. The smallest absolute Gasteiger partial charge is 0.262 e. The number of pyridine rings is 1. The number of rotatable bonds is 3. The van der Waals surface area contributed by atoms with E-state index >= 15 is 0 Å². The van der Waals surface area contributed by atoms with Crippen molar-refractivity contribution < 1.29 is 9.90 Å². The third kappa shape index (κ3) is 3.43. The Morgan fingerprint density at radius 2 is 2.37 bits per heavy atom. The van der Waals surface area contributed by atoms with E-state index in [4.69, 9.17) is 0 Å². The van der Waals surface area contributed by atoms with Crippen molar-refractivity contribution in [2.75, 3.05) is 20.1 Å². The molecule has 0 radical (unpaired) electrons. The summed E-state index contributed by atoms with van der Waals surface area (Å²) in [4.78, 5) is 27.5. The third-order valence-corrected chi connectivity index (χ3v) is 3.73. The summed E-state index contributed by atoms with van der Waals surface area (Å²) in [6, 6.07) is 1.62. The summed E-state index contributed by atoms with van der Waals surface area (Å²) >= 11 is 3.10. The second-order valence-corrected chi connectivity index (χ2v) is 5.60. The second-order valence-electron chi connectivity index (χ2n) is 4.75. The van der Waals surface area contributed by atoms with E-state index < -0.39 is 0 Å². The van der Waals surface area contributed by atoms with Gasteiger partial charge in [0.1, 0.15) is 0 Å². The molecule has 7 heteroatoms. The second kappa shape index (κ2) is 5.85. The lowest BCUT2D eigenvalue weighted by Gasteiger charge is -2.21. The number of aromatic nitrogens is 1. The molecule has 1 fully saturated rings. The van der Waals surface area contributed by atoms with E-state index in [1.54, 1.807) is 11.9 Å². The Morgan fingerprint density at radius 3 is 2.95 bits per heavy atom. The van der Waals surface area contributed by atoms with Crippen molar-refractivity contribution >= 4 is 21.8 Å². The summed E-state index contributed by atoms with van der Waals surface area (Å²) in [6.07, 6.45) is 1.71. The van der Waals surface area contributed by atoms with Crippen LogP contribution in [0.25, 0.3) is 0 Å². The molecule has 0 aromatic carbocycles. The van der Waals surface area contributed by atoms with Crippen LogP contribution in [-0.4, -0.2) is 53.2 Å². The highest BCUT2D eigenvalue weighted by Crippen LogP contribution is 2.11. The summed E-state index contributed by atoms with van der Waals surface area (Å²) in [5.41, 5.74) is 0.160. The molecule has 1 aliphatic rings. The highest BCUT2D eigenvalue weighted by Gasteiger charge is 2.25. The number of hydrogen-bond donors (Lipinski definition) is 3. The summed E-state index contributed by atoms with van der Waals surface area (Å²) in [5, 5.41) is 12.6. The van der Waals surface area contributed by atoms with E-state index in [1.807, 2.05) is 0 Å². The largest absolute Gasteiger partial charge is 0.392 e. The van der Waals surface area contributed by atoms with Gasteiger partial charge in [-0.15, -0.1) is 0 Å². The molecule has 2 atom stereocenters. The number of carbonyl (C=O) groups excluding carboxylic acids is 1. The van der Waals surface area contributed by atoms with Crippen LogP contribution in [0.5, 0.6) is 0 Å². The van der Waals surface area contributed by atoms with E-state index in [2.05, 4.69) is 26.2 Å². The van der Waals surface area contributed by atoms with Gasteiger partial charge in [-0.3, -0.25) is 9.59 Å². The van der Waals surface area contributed by atoms with Gasteiger partial charge < -0.3 is 20.3 Å². The lowest BCUT2D eigenvalue weighted by molar-refractivity contribution is 0.0780. The number of likely N-dealkylation sites (N-methyl/N-ethyl adjacent to an activating group) is 1. The first-order valence-electron chi connectivity index (χ1n) is 6.02. The number of amides is 1. The van der Waals surface area contributed by atoms with Gasteiger partial charge in [-0.25, -0.2) is 0 Å². The Balaban J connectivity index is 2.02. The van der Waals surface area contributed by atoms with Crippen LogP contribution in [0.2, 0.25) is 0 Å². The number of aliphatic hydroxyl groups is 1. The van der Waals surface area contributed by atoms with Gasteiger partial charge in [0.05, 0.1) is 16.1 Å². The monoisotopic (exact) mass is 329 g/mol. The standard InChI is InChI=1S/C12H16BrN3O3/c1-16(6-8-3-9(17)5-14-8)12(19)7-2-10(13)11(18)15-4-7/h2,4,8-9,14,17H,3,5-6H2,1H3,(H,15,18)/t8-,9+/m0/s1. The number of H-pyrrole nitrogens is 1. The normalized spacial score (nSPS) is 22.5. The van der Waals surface area contributed by atoms with Crippen molar-refractivity contribution in [3.05, 3.63) is 32.7 Å². The van der Waals surface area contributed by atoms with E-state index in [-0.39, 0.29) is 23.6 Å². The highest BCUT2D eigenvalue weighted by molar-refractivity contribution is 9.10. The van der Waals surface area contributed by atoms with Crippen molar-refractivity contribution in [3.63, 3.8) is 0 Å². The molecule has 0 spiro atoms. The fraction of sp³-hybridized carbons (Fsp3) is 0.500. The molecular formula is C12H16BrN3O3. The average Bonchev–Trinajstić information content (AvgIpc) is 2.77. The van der Waals surface area contributed by atoms with Gasteiger partial charge in [0.25, 0.3) is 11.5 Å². The number of halogens is 1. The number of aromatic amines is 1. The first-order valence-corrected chi connectivity index (χ1v) is 6.82. The van der Waals surface area contributed by atoms with Crippen LogP contribution in [0.3, 0.4) is 0 Å². The molecule has 1 aromatic rings. The number of nitrogens with zero attached hydrogens (tertiary/aromatic N) is 1. The minimum atomic E-state index is -0.337. The number of aliphatic hydroxyl groups excluding tert-OH is 1. The van der Waals surface area contributed by atoms with E-state index in [0.717, 1.165) is 0 Å². The number of β-amino-alcohol motifs (C(OH)–C–C–N with tert-alkyl or cyclic N) is 1. The van der Waals surface area contributed by atoms with Gasteiger partial charge in [-0.2, -0.15) is 0 Å². The number of hydrogen-bond acceptors (Lipinski definition) is 4. The Labute approximate surface area is 118 Å². The van der Waals surface area contributed by atoms with Crippen molar-refractivity contribution in [1.82, 2.24) is 15.2 Å². The SMILES string of the molecule is CN(C[C@@H]1C[C@@H](O)CN1)C(=O)c1c[nH]c(=O)c(Br)c1. The first kappa shape index (κ1) is 14.2. The van der Waals surface area contributed by atoms with Gasteiger partial charge in [-0.1, -0.05) is 0 Å². The van der Waals surface area contributed by atoms with Crippen LogP contribution >= 0.6 is 15.9 Å². The van der Waals surface area contributed by atoms with Crippen molar-refractivity contribution in [2.24, 2.45) is 0 Å². The zero-order chi connectivity index (χ0) is 14.0. The molecular weight excluding hydrogens is 314 g/mol. The first-order chi connectivity index (χ1) is 8.97. The Morgan fingerprint density at radius 1 is 1.63 bits per heavy atom. The lowest BCUT2D eigenvalue weighted by atomic mass is 10.2. The Bertz CT molecular complexity index is 531. The van der Waals surface area contributed by atoms with Gasteiger partial charge in [0.15, 0.2) is 0 Å². The molecule has 0 aliphatic carbocycles. The highest BCUT2D eigenvalue weighted by atomic mass is 79.9. The molecule has 1 aromatic heterocycles. The third-order valence-electron chi connectivity index (χ3n) is 3.14. The molecule has 1 amide bonds. The quantitative estimate of drug-likeness (QED) is 0.724. The molecule has 6 nitrogen and oxygen atoms in total. The number of nitrogens with one attached hydrogen (secondary N) is 2. The maximum atomic E-state index is 12.2. The Hall–Kier alpha value is -1.18. The van der Waals surface area contributed by atoms with Gasteiger partial charge in [-0.05, 0) is 28.4 Å². The average molecular weight is 330 g/mol. The lowest BCUT2D eigenvalue weighted by Crippen LogP contribution is -2.38. The minimum absolute atomic E-state index is 0.107. The molecule has 2 heterocycles. The fourth-order valence-corrected chi connectivity index (χ4v) is 2.51. The summed E-state index contributed by atoms with van der Waals surface area (Å²) in [5.74, 6) is -0.167. The van der Waals surface area contributed by atoms with Crippen LogP contribution < -0.4 is 10.9 Å². The van der Waals surface area contributed by atoms with Crippen LogP contribution in [0.1, 0.15) is 16.8 Å². The molecule has 104 valence electrons. The van der Waals surface area contributed by atoms with E-state index in [1.165, 1.54) is 12.3 Å². The van der Waals surface area contributed by atoms with Crippen LogP contribution in [-0.2, 0) is 0 Å². The summed E-state index contributed by atoms with van der Waals surface area (Å²) in [7, 11) is 1.70. The summed E-state index contributed by atoms with van der Waals surface area (Å²) in [6.45, 7) is 1.09. The molecule has 1 aliphatic heterocycles. The molecule has 19 heavy (non-hydrogen) atoms. The maximum Gasteiger partial charge on any atom is 0.262 e. The number of carbonyl (C=O) groups is 1. The van der Waals surface area contributed by atoms with Crippen molar-refractivity contribution in [3.8, 4) is 0 Å². The molecule has 2 rings (SSSR count). The van der Waals surface area contributed by atoms with Crippen LogP contribution in [0.4, 0.5) is 0 Å². The van der Waals surface area contributed by atoms with E-state index in [9.17, 15) is 14.7 Å². The zero-order valence-electron chi connectivity index (χ0n) is 10.5. The minimum Gasteiger partial charge on any atom is -0.392 e. The fourth-order valence-electron chi connectivity index (χ4n) is 2.15. The van der Waals surface area contributed by atoms with E-state index in [0.29, 0.717) is 29.5 Å². The molecule has 0 saturated carbocycles.